The van der Waals surface area contributed by atoms with Crippen molar-refractivity contribution in [2.24, 2.45) is 50.7 Å². The van der Waals surface area contributed by atoms with Crippen LogP contribution in [-0.2, 0) is 28.5 Å². The lowest BCUT2D eigenvalue weighted by molar-refractivity contribution is -0.344. The summed E-state index contributed by atoms with van der Waals surface area (Å²) in [4.78, 5) is 26.7. The third-order valence-corrected chi connectivity index (χ3v) is 15.8. The van der Waals surface area contributed by atoms with Crippen LogP contribution in [0.1, 0.15) is 92.9 Å². The lowest BCUT2D eigenvalue weighted by Crippen LogP contribution is -2.70. The predicted octanol–water partition coefficient (Wildman–Crippen LogP) is 1.99. The second-order valence-electron chi connectivity index (χ2n) is 18.0. The highest BCUT2D eigenvalue weighted by atomic mass is 16.7. The molecule has 7 aliphatic rings. The SMILES string of the molecule is CC(=O)O[C@@H]1C[C@]2(CO)[C@H]3CCC4=C5C(=O)C[C@@H]6[C@H](C)CO[C@@H](O)[C@]56CC[C@@]4(C)[C@]3(C)CC[C@H]2C(C)(C)[C@H]1O[C@@H]1O[C@H](CO)[C@@H](O)[C@H](O)[C@H]1O. The van der Waals surface area contributed by atoms with E-state index in [0.29, 0.717) is 32.3 Å². The summed E-state index contributed by atoms with van der Waals surface area (Å²) < 4.78 is 24.2. The number of carbonyl (C=O) groups excluding carboxylic acids is 2. The Morgan fingerprint density at radius 2 is 1.68 bits per heavy atom. The minimum atomic E-state index is -1.62. The summed E-state index contributed by atoms with van der Waals surface area (Å²) >= 11 is 0. The van der Waals surface area contributed by atoms with Gasteiger partial charge in [0.15, 0.2) is 18.4 Å². The van der Waals surface area contributed by atoms with E-state index in [-0.39, 0.29) is 46.9 Å². The number of hydrogen-bond donors (Lipinski definition) is 6. The van der Waals surface area contributed by atoms with Crippen molar-refractivity contribution in [3.8, 4) is 0 Å². The number of ether oxygens (including phenoxy) is 4. The van der Waals surface area contributed by atoms with Crippen molar-refractivity contribution >= 4 is 11.8 Å². The maximum absolute atomic E-state index is 14.0. The zero-order valence-corrected chi connectivity index (χ0v) is 30.3. The van der Waals surface area contributed by atoms with E-state index in [1.54, 1.807) is 0 Å². The molecule has 2 heterocycles. The molecule has 0 unspecified atom stereocenters. The van der Waals surface area contributed by atoms with Crippen LogP contribution in [0, 0.1) is 50.7 Å². The van der Waals surface area contributed by atoms with E-state index in [1.807, 2.05) is 13.8 Å². The fourth-order valence-corrected chi connectivity index (χ4v) is 13.3. The number of ketones is 1. The number of Topliss-reactive ketones (excluding diaryl/α,β-unsaturated/α-hetero) is 1. The fourth-order valence-electron chi connectivity index (χ4n) is 13.3. The van der Waals surface area contributed by atoms with Crippen LogP contribution in [0.2, 0.25) is 0 Å². The zero-order valence-electron chi connectivity index (χ0n) is 30.3. The monoisotopic (exact) mass is 706 g/mol. The second kappa shape index (κ2) is 12.3. The number of hydrogen-bond acceptors (Lipinski definition) is 12. The fraction of sp³-hybridized carbons (Fsp3) is 0.895. The highest BCUT2D eigenvalue weighted by molar-refractivity contribution is 6.01. The molecule has 7 rings (SSSR count). The van der Waals surface area contributed by atoms with Crippen LogP contribution in [0.25, 0.3) is 0 Å². The summed E-state index contributed by atoms with van der Waals surface area (Å²) in [5.41, 5.74) is -0.796. The summed E-state index contributed by atoms with van der Waals surface area (Å²) in [5.74, 6) is -0.242. The van der Waals surface area contributed by atoms with E-state index in [1.165, 1.54) is 6.92 Å². The molecule has 0 aromatic rings. The van der Waals surface area contributed by atoms with E-state index < -0.39 is 78.0 Å². The normalized spacial score (nSPS) is 52.7. The molecule has 16 atom stereocenters. The molecule has 5 aliphatic carbocycles. The molecule has 6 N–H and O–H groups in total. The third-order valence-electron chi connectivity index (χ3n) is 15.8. The molecule has 50 heavy (non-hydrogen) atoms. The van der Waals surface area contributed by atoms with E-state index in [0.717, 1.165) is 36.8 Å². The van der Waals surface area contributed by atoms with Gasteiger partial charge in [-0.25, -0.2) is 0 Å². The number of carbonyl (C=O) groups is 2. The van der Waals surface area contributed by atoms with Crippen LogP contribution in [-0.4, -0.2) is 111 Å². The zero-order chi connectivity index (χ0) is 36.3. The first kappa shape index (κ1) is 36.9. The van der Waals surface area contributed by atoms with Crippen LogP contribution in [0.4, 0.5) is 0 Å². The molecular formula is C38H58O12. The molecule has 0 aromatic carbocycles. The van der Waals surface area contributed by atoms with E-state index in [9.17, 15) is 40.2 Å². The van der Waals surface area contributed by atoms with Gasteiger partial charge in [0.2, 0.25) is 0 Å². The summed E-state index contributed by atoms with van der Waals surface area (Å²) in [6.07, 6.45) is -4.84. The van der Waals surface area contributed by atoms with Gasteiger partial charge in [-0.1, -0.05) is 40.2 Å². The van der Waals surface area contributed by atoms with Gasteiger partial charge in [-0.05, 0) is 84.9 Å². The van der Waals surface area contributed by atoms with Crippen molar-refractivity contribution in [2.75, 3.05) is 19.8 Å². The van der Waals surface area contributed by atoms with E-state index in [2.05, 4.69) is 20.8 Å². The second-order valence-corrected chi connectivity index (χ2v) is 18.0. The van der Waals surface area contributed by atoms with Crippen LogP contribution in [0.3, 0.4) is 0 Å². The lowest BCUT2D eigenvalue weighted by Gasteiger charge is -2.71. The molecule has 0 aromatic heterocycles. The molecule has 6 fully saturated rings. The Hall–Kier alpha value is -1.48. The third kappa shape index (κ3) is 4.75. The van der Waals surface area contributed by atoms with Crippen molar-refractivity contribution in [2.45, 2.75) is 142 Å². The Labute approximate surface area is 294 Å². The number of aliphatic hydroxyl groups excluding tert-OH is 6. The van der Waals surface area contributed by atoms with E-state index >= 15 is 0 Å². The highest BCUT2D eigenvalue weighted by Gasteiger charge is 2.73. The van der Waals surface area contributed by atoms with Crippen LogP contribution in [0.15, 0.2) is 11.1 Å². The molecule has 0 radical (unpaired) electrons. The number of esters is 1. The molecule has 1 spiro atoms. The highest BCUT2D eigenvalue weighted by Crippen LogP contribution is 2.76. The van der Waals surface area contributed by atoms with Crippen molar-refractivity contribution in [3.05, 3.63) is 11.1 Å². The maximum atomic E-state index is 14.0. The summed E-state index contributed by atoms with van der Waals surface area (Å²) in [7, 11) is 0. The summed E-state index contributed by atoms with van der Waals surface area (Å²) in [5, 5.41) is 64.6. The first-order valence-electron chi connectivity index (χ1n) is 18.8. The topological polar surface area (TPSA) is 192 Å². The van der Waals surface area contributed by atoms with Gasteiger partial charge in [0.25, 0.3) is 0 Å². The summed E-state index contributed by atoms with van der Waals surface area (Å²) in [6.45, 7) is 11.8. The Morgan fingerprint density at radius 3 is 2.34 bits per heavy atom. The van der Waals surface area contributed by atoms with Crippen LogP contribution >= 0.6 is 0 Å². The van der Waals surface area contributed by atoms with Crippen molar-refractivity contribution in [1.82, 2.24) is 0 Å². The van der Waals surface area contributed by atoms with E-state index in [4.69, 9.17) is 18.9 Å². The molecule has 0 bridgehead atoms. The van der Waals surface area contributed by atoms with Gasteiger partial charge in [0.1, 0.15) is 36.6 Å². The molecule has 0 amide bonds. The van der Waals surface area contributed by atoms with Gasteiger partial charge < -0.3 is 49.6 Å². The maximum Gasteiger partial charge on any atom is 0.302 e. The summed E-state index contributed by atoms with van der Waals surface area (Å²) in [6, 6.07) is 0. The Morgan fingerprint density at radius 1 is 0.960 bits per heavy atom. The number of aliphatic hydroxyl groups is 6. The number of allylic oxidation sites excluding steroid dienone is 1. The molecule has 2 aliphatic heterocycles. The smallest absolute Gasteiger partial charge is 0.302 e. The molecule has 282 valence electrons. The lowest BCUT2D eigenvalue weighted by atomic mass is 9.34. The van der Waals surface area contributed by atoms with Gasteiger partial charge in [-0.3, -0.25) is 9.59 Å². The predicted molar refractivity (Wildman–Crippen MR) is 177 cm³/mol. The Kier molecular flexibility index (Phi) is 9.05. The standard InChI is InChI=1S/C38H58O12/c1-18-16-47-33(46)38-12-11-35(5)20(27(38)22(42)13-21(18)38)7-8-26-36(35,6)10-9-25-34(3,4)31(23(48-19(2)41)14-37(25,26)17-40)50-32-30(45)29(44)28(43)24(15-39)49-32/h18,21,23-26,28-33,39-40,43-46H,7-17H2,1-6H3/t18-,21-,23-,24-,25+,26+,28-,29+,30-,31+,32+,33-,35-,36-,37-,38+/m1/s1. The van der Waals surface area contributed by atoms with Crippen molar-refractivity contribution in [1.29, 1.82) is 0 Å². The number of rotatable bonds is 5. The molecule has 12 nitrogen and oxygen atoms in total. The van der Waals surface area contributed by atoms with Gasteiger partial charge in [0.05, 0.1) is 18.6 Å². The van der Waals surface area contributed by atoms with Crippen LogP contribution in [0.5, 0.6) is 0 Å². The van der Waals surface area contributed by atoms with Crippen molar-refractivity contribution in [3.63, 3.8) is 0 Å². The average molecular weight is 707 g/mol. The molecular weight excluding hydrogens is 648 g/mol. The average Bonchev–Trinajstić information content (AvgIpc) is 3.38. The molecule has 12 heteroatoms. The van der Waals surface area contributed by atoms with Crippen LogP contribution < -0.4 is 0 Å². The minimum absolute atomic E-state index is 0.00597. The van der Waals surface area contributed by atoms with Gasteiger partial charge in [-0.15, -0.1) is 0 Å². The number of fused-ring (bicyclic) bond motifs is 5. The first-order chi connectivity index (χ1) is 23.4. The molecule has 2 saturated heterocycles. The quantitative estimate of drug-likeness (QED) is 0.180. The van der Waals surface area contributed by atoms with Gasteiger partial charge in [0, 0.05) is 30.9 Å². The van der Waals surface area contributed by atoms with Gasteiger partial charge in [-0.2, -0.15) is 0 Å². The Bertz CT molecular complexity index is 1410. The minimum Gasteiger partial charge on any atom is -0.460 e. The molecule has 4 saturated carbocycles. The van der Waals surface area contributed by atoms with Crippen molar-refractivity contribution < 1.29 is 59.2 Å². The van der Waals surface area contributed by atoms with Gasteiger partial charge >= 0.3 is 5.97 Å². The Balaban J connectivity index is 1.27. The largest absolute Gasteiger partial charge is 0.460 e. The first-order valence-corrected chi connectivity index (χ1v) is 18.8.